The molecule has 16 heavy (non-hydrogen) atoms. The van der Waals surface area contributed by atoms with Gasteiger partial charge in [0.05, 0.1) is 0 Å². The number of carbonyl (C=O) groups is 3. The maximum atomic E-state index is 11.3. The Morgan fingerprint density at radius 1 is 1.44 bits per heavy atom. The molecule has 0 bridgehead atoms. The lowest BCUT2D eigenvalue weighted by molar-refractivity contribution is -0.155. The summed E-state index contributed by atoms with van der Waals surface area (Å²) in [6.07, 6.45) is 0.270. The Kier molecular flexibility index (Phi) is 5.49. The number of hydrogen-bond donors (Lipinski definition) is 2. The topological polar surface area (TPSA) is 92.7 Å². The summed E-state index contributed by atoms with van der Waals surface area (Å²) in [6.45, 7) is 5.18. The zero-order valence-electron chi connectivity index (χ0n) is 9.65. The molecule has 2 N–H and O–H groups in total. The molecule has 0 spiro atoms. The van der Waals surface area contributed by atoms with Crippen molar-refractivity contribution in [2.45, 2.75) is 45.3 Å². The van der Waals surface area contributed by atoms with Gasteiger partial charge in [0.15, 0.2) is 0 Å². The Morgan fingerprint density at radius 2 is 2.00 bits per heavy atom. The van der Waals surface area contributed by atoms with Crippen LogP contribution in [0.25, 0.3) is 0 Å². The third-order valence-electron chi connectivity index (χ3n) is 1.62. The standard InChI is InChI=1S/C10H17NO5/c1-10(2,3)16-8(13)5-4-7(9(14)15)11-6-12/h6-7H,4-5H2,1-3H3,(H,11,12)(H,14,15). The van der Waals surface area contributed by atoms with Gasteiger partial charge in [-0.2, -0.15) is 0 Å². The SMILES string of the molecule is CC(C)(C)OC(=O)CCC(NC=O)C(=O)O. The molecule has 6 nitrogen and oxygen atoms in total. The number of carboxylic acids is 1. The predicted molar refractivity (Wildman–Crippen MR) is 55.7 cm³/mol. The number of ether oxygens (including phenoxy) is 1. The molecule has 6 heteroatoms. The van der Waals surface area contributed by atoms with Crippen LogP contribution < -0.4 is 5.32 Å². The Bertz CT molecular complexity index is 269. The molecule has 0 fully saturated rings. The highest BCUT2D eigenvalue weighted by Gasteiger charge is 2.21. The van der Waals surface area contributed by atoms with Crippen LogP contribution in [0.4, 0.5) is 0 Å². The number of carbonyl (C=O) groups excluding carboxylic acids is 2. The van der Waals surface area contributed by atoms with Crippen LogP contribution in [0, 0.1) is 0 Å². The van der Waals surface area contributed by atoms with Gasteiger partial charge in [0.2, 0.25) is 6.41 Å². The van der Waals surface area contributed by atoms with E-state index in [1.807, 2.05) is 0 Å². The molecule has 0 heterocycles. The van der Waals surface area contributed by atoms with E-state index < -0.39 is 23.6 Å². The first kappa shape index (κ1) is 14.4. The van der Waals surface area contributed by atoms with Crippen molar-refractivity contribution in [1.29, 1.82) is 0 Å². The van der Waals surface area contributed by atoms with Crippen LogP contribution in [-0.4, -0.2) is 35.1 Å². The van der Waals surface area contributed by atoms with Gasteiger partial charge >= 0.3 is 11.9 Å². The third-order valence-corrected chi connectivity index (χ3v) is 1.62. The maximum Gasteiger partial charge on any atom is 0.326 e. The van der Waals surface area contributed by atoms with Crippen LogP contribution in [0.15, 0.2) is 0 Å². The normalized spacial score (nSPS) is 12.7. The van der Waals surface area contributed by atoms with E-state index in [4.69, 9.17) is 9.84 Å². The summed E-state index contributed by atoms with van der Waals surface area (Å²) in [5.41, 5.74) is -0.589. The van der Waals surface area contributed by atoms with Crippen molar-refractivity contribution in [2.24, 2.45) is 0 Å². The molecule has 1 unspecified atom stereocenters. The first-order chi connectivity index (χ1) is 7.26. The number of nitrogens with one attached hydrogen (secondary N) is 1. The Labute approximate surface area is 94.0 Å². The highest BCUT2D eigenvalue weighted by Crippen LogP contribution is 2.09. The highest BCUT2D eigenvalue weighted by atomic mass is 16.6. The van der Waals surface area contributed by atoms with Crippen molar-refractivity contribution in [3.8, 4) is 0 Å². The number of amides is 1. The van der Waals surface area contributed by atoms with Gasteiger partial charge in [0, 0.05) is 6.42 Å². The van der Waals surface area contributed by atoms with Gasteiger partial charge in [-0.3, -0.25) is 9.59 Å². The van der Waals surface area contributed by atoms with E-state index in [0.717, 1.165) is 0 Å². The van der Waals surface area contributed by atoms with Gasteiger partial charge in [-0.05, 0) is 27.2 Å². The van der Waals surface area contributed by atoms with E-state index in [0.29, 0.717) is 6.41 Å². The van der Waals surface area contributed by atoms with E-state index in [9.17, 15) is 14.4 Å². The van der Waals surface area contributed by atoms with Gasteiger partial charge in [0.1, 0.15) is 11.6 Å². The molecule has 0 aliphatic rings. The molecule has 0 radical (unpaired) electrons. The molecule has 92 valence electrons. The predicted octanol–water partition coefficient (Wildman–Crippen LogP) is 0.307. The summed E-state index contributed by atoms with van der Waals surface area (Å²) in [7, 11) is 0. The second kappa shape index (κ2) is 6.09. The molecule has 0 aromatic heterocycles. The molecule has 1 atom stereocenters. The van der Waals surface area contributed by atoms with Crippen molar-refractivity contribution in [3.63, 3.8) is 0 Å². The second-order valence-corrected chi connectivity index (χ2v) is 4.30. The zero-order chi connectivity index (χ0) is 12.8. The van der Waals surface area contributed by atoms with Gasteiger partial charge in [-0.15, -0.1) is 0 Å². The van der Waals surface area contributed by atoms with Crippen molar-refractivity contribution in [2.75, 3.05) is 0 Å². The van der Waals surface area contributed by atoms with Crippen LogP contribution in [0.2, 0.25) is 0 Å². The largest absolute Gasteiger partial charge is 0.480 e. The van der Waals surface area contributed by atoms with E-state index in [-0.39, 0.29) is 12.8 Å². The molecule has 0 aliphatic heterocycles. The summed E-state index contributed by atoms with van der Waals surface area (Å²) < 4.78 is 5.00. The minimum Gasteiger partial charge on any atom is -0.480 e. The summed E-state index contributed by atoms with van der Waals surface area (Å²) in [4.78, 5) is 32.0. The lowest BCUT2D eigenvalue weighted by Gasteiger charge is -2.20. The van der Waals surface area contributed by atoms with Gasteiger partial charge in [0.25, 0.3) is 0 Å². The summed E-state index contributed by atoms with van der Waals surface area (Å²) in [5.74, 6) is -1.65. The summed E-state index contributed by atoms with van der Waals surface area (Å²) in [6, 6.07) is -1.05. The minimum absolute atomic E-state index is 0.0169. The monoisotopic (exact) mass is 231 g/mol. The van der Waals surface area contributed by atoms with Crippen LogP contribution in [0.3, 0.4) is 0 Å². The van der Waals surface area contributed by atoms with E-state index in [2.05, 4.69) is 5.32 Å². The summed E-state index contributed by atoms with van der Waals surface area (Å²) >= 11 is 0. The van der Waals surface area contributed by atoms with Crippen LogP contribution >= 0.6 is 0 Å². The fourth-order valence-electron chi connectivity index (χ4n) is 1.01. The number of carboxylic acid groups (broad SMARTS) is 1. The van der Waals surface area contributed by atoms with Crippen LogP contribution in [0.1, 0.15) is 33.6 Å². The molecular formula is C10H17NO5. The summed E-state index contributed by atoms with van der Waals surface area (Å²) in [5, 5.41) is 10.8. The second-order valence-electron chi connectivity index (χ2n) is 4.30. The first-order valence-electron chi connectivity index (χ1n) is 4.90. The Morgan fingerprint density at radius 3 is 2.38 bits per heavy atom. The fraction of sp³-hybridized carbons (Fsp3) is 0.700. The maximum absolute atomic E-state index is 11.3. The minimum atomic E-state index is -1.17. The van der Waals surface area contributed by atoms with Crippen molar-refractivity contribution < 1.29 is 24.2 Å². The van der Waals surface area contributed by atoms with Gasteiger partial charge in [-0.1, -0.05) is 0 Å². The van der Waals surface area contributed by atoms with Gasteiger partial charge < -0.3 is 15.2 Å². The van der Waals surface area contributed by atoms with Gasteiger partial charge in [-0.25, -0.2) is 4.79 Å². The Balaban J connectivity index is 4.06. The van der Waals surface area contributed by atoms with Crippen LogP contribution in [0.5, 0.6) is 0 Å². The number of esters is 1. The third kappa shape index (κ3) is 6.80. The van der Waals surface area contributed by atoms with E-state index in [1.165, 1.54) is 0 Å². The molecule has 0 aliphatic carbocycles. The quantitative estimate of drug-likeness (QED) is 0.507. The lowest BCUT2D eigenvalue weighted by Crippen LogP contribution is -2.36. The molecule has 0 saturated heterocycles. The molecule has 1 amide bonds. The average molecular weight is 231 g/mol. The van der Waals surface area contributed by atoms with Crippen molar-refractivity contribution in [1.82, 2.24) is 5.32 Å². The van der Waals surface area contributed by atoms with E-state index >= 15 is 0 Å². The van der Waals surface area contributed by atoms with Crippen molar-refractivity contribution >= 4 is 18.3 Å². The average Bonchev–Trinajstić information content (AvgIpc) is 2.08. The number of hydrogen-bond acceptors (Lipinski definition) is 4. The molecule has 0 rings (SSSR count). The zero-order valence-corrected chi connectivity index (χ0v) is 9.65. The molecule has 0 aromatic rings. The number of rotatable bonds is 6. The molecular weight excluding hydrogens is 214 g/mol. The number of aliphatic carboxylic acids is 1. The van der Waals surface area contributed by atoms with Crippen LogP contribution in [-0.2, 0) is 19.1 Å². The first-order valence-corrected chi connectivity index (χ1v) is 4.90. The Hall–Kier alpha value is -1.59. The molecule has 0 saturated carbocycles. The van der Waals surface area contributed by atoms with E-state index in [1.54, 1.807) is 20.8 Å². The molecule has 0 aromatic carbocycles. The smallest absolute Gasteiger partial charge is 0.326 e. The highest BCUT2D eigenvalue weighted by molar-refractivity contribution is 5.77. The fourth-order valence-corrected chi connectivity index (χ4v) is 1.01. The van der Waals surface area contributed by atoms with Crippen molar-refractivity contribution in [3.05, 3.63) is 0 Å². The lowest BCUT2D eigenvalue weighted by atomic mass is 10.1.